The average molecular weight is 727 g/mol. The van der Waals surface area contributed by atoms with Crippen molar-refractivity contribution < 1.29 is 4.42 Å². The third kappa shape index (κ3) is 4.86. The Morgan fingerprint density at radius 2 is 0.842 bits per heavy atom. The second kappa shape index (κ2) is 12.5. The average Bonchev–Trinajstić information content (AvgIpc) is 3.95. The molecule has 0 aliphatic heterocycles. The highest BCUT2D eigenvalue weighted by molar-refractivity contribution is 6.17. The largest absolute Gasteiger partial charge is 0.454 e. The molecule has 266 valence electrons. The predicted molar refractivity (Wildman–Crippen MR) is 239 cm³/mol. The minimum Gasteiger partial charge on any atom is -0.454 e. The maximum atomic E-state index is 6.78. The molecule has 9 aromatic carbocycles. The van der Waals surface area contributed by atoms with E-state index in [1.165, 1.54) is 66.0 Å². The number of furan rings is 1. The van der Waals surface area contributed by atoms with Crippen molar-refractivity contribution in [1.82, 2.24) is 9.13 Å². The third-order valence-corrected chi connectivity index (χ3v) is 11.7. The lowest BCUT2D eigenvalue weighted by Crippen LogP contribution is -1.95. The Morgan fingerprint density at radius 3 is 1.54 bits per heavy atom. The first kappa shape index (κ1) is 31.7. The molecule has 12 aromatic rings. The number of hydrogen-bond donors (Lipinski definition) is 0. The Hall–Kier alpha value is -7.62. The van der Waals surface area contributed by atoms with E-state index in [4.69, 9.17) is 4.42 Å². The van der Waals surface area contributed by atoms with Gasteiger partial charge in [0.1, 0.15) is 5.58 Å². The molecule has 0 fully saturated rings. The summed E-state index contributed by atoms with van der Waals surface area (Å²) in [7, 11) is 0. The number of para-hydroxylation sites is 3. The molecule has 3 heterocycles. The lowest BCUT2D eigenvalue weighted by molar-refractivity contribution is 0.666. The number of aromatic nitrogens is 2. The molecule has 3 heteroatoms. The van der Waals surface area contributed by atoms with Gasteiger partial charge in [-0.2, -0.15) is 0 Å². The van der Waals surface area contributed by atoms with Gasteiger partial charge < -0.3 is 13.6 Å². The summed E-state index contributed by atoms with van der Waals surface area (Å²) in [5.74, 6) is 0. The molecule has 0 aliphatic rings. The minimum atomic E-state index is 0.889. The van der Waals surface area contributed by atoms with Crippen LogP contribution < -0.4 is 0 Å². The molecule has 57 heavy (non-hydrogen) atoms. The number of rotatable bonds is 5. The van der Waals surface area contributed by atoms with Crippen LogP contribution in [0.25, 0.3) is 110 Å². The Kier molecular flexibility index (Phi) is 6.93. The van der Waals surface area contributed by atoms with E-state index in [9.17, 15) is 0 Å². The highest BCUT2D eigenvalue weighted by atomic mass is 16.3. The van der Waals surface area contributed by atoms with Gasteiger partial charge in [-0.25, -0.2) is 0 Å². The van der Waals surface area contributed by atoms with Crippen LogP contribution >= 0.6 is 0 Å². The van der Waals surface area contributed by atoms with E-state index in [1.54, 1.807) is 0 Å². The van der Waals surface area contributed by atoms with E-state index in [-0.39, 0.29) is 0 Å². The van der Waals surface area contributed by atoms with Crippen LogP contribution in [0.3, 0.4) is 0 Å². The molecule has 3 aromatic heterocycles. The molecule has 0 radical (unpaired) electrons. The molecule has 0 amide bonds. The maximum Gasteiger partial charge on any atom is 0.160 e. The SMILES string of the molecule is c1ccc(-c2cccc(-n3c4ccccc4c4cc(-c5ccc6c(c5)c5ccccc5n6-c5ccc(-c6ccccc6)c6c5oc5ccccc56)ccc43)c2)cc1. The van der Waals surface area contributed by atoms with Gasteiger partial charge >= 0.3 is 0 Å². The Balaban J connectivity index is 1.04. The lowest BCUT2D eigenvalue weighted by atomic mass is 9.98. The van der Waals surface area contributed by atoms with Crippen LogP contribution in [0.15, 0.2) is 211 Å². The predicted octanol–water partition coefficient (Wildman–Crippen LogP) is 14.8. The summed E-state index contributed by atoms with van der Waals surface area (Å²) in [5.41, 5.74) is 15.8. The van der Waals surface area contributed by atoms with Gasteiger partial charge in [0.05, 0.1) is 27.8 Å². The second-order valence-corrected chi connectivity index (χ2v) is 14.9. The summed E-state index contributed by atoms with van der Waals surface area (Å²) in [6, 6.07) is 74.3. The summed E-state index contributed by atoms with van der Waals surface area (Å²) in [4.78, 5) is 0. The molecule has 0 N–H and O–H groups in total. The molecule has 0 saturated carbocycles. The first-order chi connectivity index (χ1) is 28.3. The van der Waals surface area contributed by atoms with E-state index >= 15 is 0 Å². The standard InChI is InChI=1S/C54H34N2O/c1-3-14-35(15-4-1)37-18-13-19-40(32-37)55-47-23-10-7-20-42(47)45-33-38(26-29-49(45)55)39-27-30-50-46(34-39)43-21-8-11-24-48(43)56(50)51-31-28-41(36-16-5-2-6-17-36)53-44-22-9-12-25-52(44)57-54(51)53/h1-34H. The van der Waals surface area contributed by atoms with Crippen molar-refractivity contribution >= 4 is 65.6 Å². The molecule has 0 bridgehead atoms. The zero-order valence-electron chi connectivity index (χ0n) is 30.9. The number of benzene rings is 9. The molecule has 0 spiro atoms. The summed E-state index contributed by atoms with van der Waals surface area (Å²) >= 11 is 0. The Bertz CT molecular complexity index is 3510. The van der Waals surface area contributed by atoms with Gasteiger partial charge in [-0.05, 0) is 94.0 Å². The summed E-state index contributed by atoms with van der Waals surface area (Å²) in [6.45, 7) is 0. The highest BCUT2D eigenvalue weighted by Gasteiger charge is 2.21. The fourth-order valence-electron chi connectivity index (χ4n) is 9.15. The van der Waals surface area contributed by atoms with Gasteiger partial charge in [-0.3, -0.25) is 0 Å². The smallest absolute Gasteiger partial charge is 0.160 e. The van der Waals surface area contributed by atoms with Gasteiger partial charge in [0.25, 0.3) is 0 Å². The van der Waals surface area contributed by atoms with Crippen LogP contribution in [-0.2, 0) is 0 Å². The molecule has 0 aliphatic carbocycles. The first-order valence-electron chi connectivity index (χ1n) is 19.5. The number of nitrogens with zero attached hydrogens (tertiary/aromatic N) is 2. The molecule has 3 nitrogen and oxygen atoms in total. The normalized spacial score (nSPS) is 11.9. The van der Waals surface area contributed by atoms with Crippen molar-refractivity contribution in [2.45, 2.75) is 0 Å². The molecular weight excluding hydrogens is 693 g/mol. The van der Waals surface area contributed by atoms with Gasteiger partial charge in [0.15, 0.2) is 5.58 Å². The fraction of sp³-hybridized carbons (Fsp3) is 0. The van der Waals surface area contributed by atoms with Crippen LogP contribution in [0.2, 0.25) is 0 Å². The fourth-order valence-corrected chi connectivity index (χ4v) is 9.15. The summed E-state index contributed by atoms with van der Waals surface area (Å²) in [6.07, 6.45) is 0. The van der Waals surface area contributed by atoms with Crippen molar-refractivity contribution in [2.24, 2.45) is 0 Å². The Morgan fingerprint density at radius 1 is 0.316 bits per heavy atom. The maximum absolute atomic E-state index is 6.78. The van der Waals surface area contributed by atoms with Crippen molar-refractivity contribution in [3.8, 4) is 44.8 Å². The third-order valence-electron chi connectivity index (χ3n) is 11.7. The van der Waals surface area contributed by atoms with Crippen LogP contribution in [0.4, 0.5) is 0 Å². The van der Waals surface area contributed by atoms with Crippen molar-refractivity contribution in [1.29, 1.82) is 0 Å². The lowest BCUT2D eigenvalue weighted by Gasteiger charge is -2.12. The van der Waals surface area contributed by atoms with Crippen LogP contribution in [0, 0.1) is 0 Å². The van der Waals surface area contributed by atoms with Crippen LogP contribution in [0.5, 0.6) is 0 Å². The monoisotopic (exact) mass is 726 g/mol. The first-order valence-corrected chi connectivity index (χ1v) is 19.5. The van der Waals surface area contributed by atoms with E-state index < -0.39 is 0 Å². The summed E-state index contributed by atoms with van der Waals surface area (Å²) < 4.78 is 11.6. The molecule has 12 rings (SSSR count). The van der Waals surface area contributed by atoms with Gasteiger partial charge in [-0.15, -0.1) is 0 Å². The van der Waals surface area contributed by atoms with E-state index in [1.807, 2.05) is 6.07 Å². The van der Waals surface area contributed by atoms with Gasteiger partial charge in [-0.1, -0.05) is 146 Å². The second-order valence-electron chi connectivity index (χ2n) is 14.9. The van der Waals surface area contributed by atoms with Crippen molar-refractivity contribution in [3.05, 3.63) is 206 Å². The summed E-state index contributed by atoms with van der Waals surface area (Å²) in [5, 5.41) is 7.15. The zero-order valence-corrected chi connectivity index (χ0v) is 30.9. The molecule has 0 atom stereocenters. The van der Waals surface area contributed by atoms with Gasteiger partial charge in [0, 0.05) is 38.0 Å². The van der Waals surface area contributed by atoms with E-state index in [2.05, 4.69) is 209 Å². The molecule has 0 unspecified atom stereocenters. The minimum absolute atomic E-state index is 0.889. The Labute approximate surface area is 328 Å². The van der Waals surface area contributed by atoms with Gasteiger partial charge in [0.2, 0.25) is 0 Å². The highest BCUT2D eigenvalue weighted by Crippen LogP contribution is 2.43. The van der Waals surface area contributed by atoms with Crippen molar-refractivity contribution in [3.63, 3.8) is 0 Å². The van der Waals surface area contributed by atoms with Crippen LogP contribution in [0.1, 0.15) is 0 Å². The van der Waals surface area contributed by atoms with E-state index in [0.717, 1.165) is 44.3 Å². The quantitative estimate of drug-likeness (QED) is 0.173. The number of fused-ring (bicyclic) bond motifs is 9. The van der Waals surface area contributed by atoms with E-state index in [0.29, 0.717) is 0 Å². The molecular formula is C54H34N2O. The molecule has 0 saturated heterocycles. The topological polar surface area (TPSA) is 23.0 Å². The van der Waals surface area contributed by atoms with Crippen molar-refractivity contribution in [2.75, 3.05) is 0 Å². The zero-order chi connectivity index (χ0) is 37.5. The number of hydrogen-bond acceptors (Lipinski definition) is 1. The van der Waals surface area contributed by atoms with Crippen LogP contribution in [-0.4, -0.2) is 9.13 Å².